The van der Waals surface area contributed by atoms with Gasteiger partial charge in [-0.15, -0.1) is 0 Å². The molecule has 0 unspecified atom stereocenters. The molecule has 8 heteroatoms. The van der Waals surface area contributed by atoms with Crippen LogP contribution in [0.1, 0.15) is 13.3 Å². The van der Waals surface area contributed by atoms with Crippen LogP contribution in [0.5, 0.6) is 0 Å². The number of imidazole rings is 2. The molecule has 3 aromatic heterocycles. The fraction of sp³-hybridized carbons (Fsp3) is 0.167. The first-order valence-electron chi connectivity index (χ1n) is 10.5. The van der Waals surface area contributed by atoms with Gasteiger partial charge in [-0.3, -0.25) is 18.3 Å². The van der Waals surface area contributed by atoms with Gasteiger partial charge in [0.15, 0.2) is 0 Å². The second-order valence-corrected chi connectivity index (χ2v) is 7.50. The number of aromatic nitrogens is 5. The van der Waals surface area contributed by atoms with Crippen LogP contribution >= 0.6 is 0 Å². The minimum Gasteiger partial charge on any atom is -0.326 e. The first kappa shape index (κ1) is 19.7. The summed E-state index contributed by atoms with van der Waals surface area (Å²) in [6, 6.07) is 17.0. The van der Waals surface area contributed by atoms with E-state index >= 15 is 0 Å². The lowest BCUT2D eigenvalue weighted by Gasteiger charge is -2.07. The number of carbonyl (C=O) groups excluding carboxylic acids is 1. The number of benzene rings is 2. The van der Waals surface area contributed by atoms with Crippen LogP contribution in [0.25, 0.3) is 28.1 Å². The van der Waals surface area contributed by atoms with Crippen LogP contribution in [-0.4, -0.2) is 29.4 Å². The molecule has 0 fully saturated rings. The largest absolute Gasteiger partial charge is 0.329 e. The summed E-state index contributed by atoms with van der Waals surface area (Å²) in [5, 5.41) is 2.91. The van der Waals surface area contributed by atoms with Gasteiger partial charge in [-0.25, -0.2) is 14.8 Å². The minimum absolute atomic E-state index is 0.0900. The Bertz CT molecular complexity index is 1440. The van der Waals surface area contributed by atoms with Crippen molar-refractivity contribution in [3.63, 3.8) is 0 Å². The third-order valence-electron chi connectivity index (χ3n) is 5.50. The van der Waals surface area contributed by atoms with E-state index in [0.717, 1.165) is 22.3 Å². The zero-order valence-electron chi connectivity index (χ0n) is 17.6. The van der Waals surface area contributed by atoms with Crippen molar-refractivity contribution >= 4 is 28.4 Å². The van der Waals surface area contributed by atoms with Crippen molar-refractivity contribution in [3.05, 3.63) is 83.7 Å². The number of fused-ring (bicyclic) bond motifs is 2. The number of hydrogen-bond donors (Lipinski definition) is 1. The zero-order chi connectivity index (χ0) is 22.1. The molecule has 32 heavy (non-hydrogen) atoms. The lowest BCUT2D eigenvalue weighted by Crippen LogP contribution is -2.25. The molecule has 0 aliphatic carbocycles. The van der Waals surface area contributed by atoms with Gasteiger partial charge < -0.3 is 5.32 Å². The molecular formula is C24H22N6O2. The fourth-order valence-corrected chi connectivity index (χ4v) is 3.92. The van der Waals surface area contributed by atoms with Crippen molar-refractivity contribution in [1.29, 1.82) is 0 Å². The van der Waals surface area contributed by atoms with E-state index in [9.17, 15) is 9.59 Å². The maximum atomic E-state index is 12.7. The van der Waals surface area contributed by atoms with E-state index < -0.39 is 0 Å². The minimum atomic E-state index is -0.144. The van der Waals surface area contributed by atoms with E-state index in [1.165, 1.54) is 0 Å². The third kappa shape index (κ3) is 3.56. The summed E-state index contributed by atoms with van der Waals surface area (Å²) in [6.07, 6.45) is 5.73. The van der Waals surface area contributed by atoms with Crippen LogP contribution in [0.15, 0.2) is 78.0 Å². The Morgan fingerprint density at radius 1 is 1.00 bits per heavy atom. The topological polar surface area (TPSA) is 86.2 Å². The summed E-state index contributed by atoms with van der Waals surface area (Å²) in [4.78, 5) is 34.0. The Hall–Kier alpha value is -4.20. The summed E-state index contributed by atoms with van der Waals surface area (Å²) in [5.41, 5.74) is 4.09. The van der Waals surface area contributed by atoms with E-state index in [1.54, 1.807) is 15.3 Å². The number of hydrogen-bond acceptors (Lipinski definition) is 4. The van der Waals surface area contributed by atoms with Crippen molar-refractivity contribution < 1.29 is 4.79 Å². The van der Waals surface area contributed by atoms with Crippen molar-refractivity contribution in [1.82, 2.24) is 23.5 Å². The molecule has 0 spiro atoms. The maximum absolute atomic E-state index is 12.7. The standard InChI is InChI=1S/C24H22N6O2/c1-2-29-20-6-3-4-7-21(20)30(24(29)32)15-12-22(31)26-18-10-8-17(9-11-18)19-16-28-14-5-13-25-23(28)27-19/h3-11,13-14,16H,2,12,15H2,1H3,(H,26,31). The van der Waals surface area contributed by atoms with Crippen molar-refractivity contribution in [2.24, 2.45) is 0 Å². The first-order chi connectivity index (χ1) is 15.6. The predicted molar refractivity (Wildman–Crippen MR) is 124 cm³/mol. The van der Waals surface area contributed by atoms with E-state index in [0.29, 0.717) is 24.6 Å². The highest BCUT2D eigenvalue weighted by molar-refractivity contribution is 5.91. The average Bonchev–Trinajstić information content (AvgIpc) is 3.36. The molecule has 160 valence electrons. The van der Waals surface area contributed by atoms with Crippen LogP contribution in [0, 0.1) is 0 Å². The van der Waals surface area contributed by atoms with Crippen LogP contribution in [0.3, 0.4) is 0 Å². The molecule has 0 aliphatic heterocycles. The molecule has 0 atom stereocenters. The summed E-state index contributed by atoms with van der Waals surface area (Å²) in [5.74, 6) is 0.495. The molecule has 5 rings (SSSR count). The molecule has 0 aliphatic rings. The lowest BCUT2D eigenvalue weighted by atomic mass is 10.1. The quantitative estimate of drug-likeness (QED) is 0.450. The fourth-order valence-electron chi connectivity index (χ4n) is 3.92. The van der Waals surface area contributed by atoms with Gasteiger partial charge in [0.1, 0.15) is 0 Å². The van der Waals surface area contributed by atoms with Crippen LogP contribution < -0.4 is 11.0 Å². The summed E-state index contributed by atoms with van der Waals surface area (Å²) in [7, 11) is 0. The number of anilines is 1. The molecule has 0 radical (unpaired) electrons. The highest BCUT2D eigenvalue weighted by Gasteiger charge is 2.13. The number of amides is 1. The van der Waals surface area contributed by atoms with Crippen LogP contribution in [-0.2, 0) is 17.9 Å². The van der Waals surface area contributed by atoms with E-state index in [1.807, 2.05) is 78.3 Å². The van der Waals surface area contributed by atoms with E-state index in [4.69, 9.17) is 0 Å². The zero-order valence-corrected chi connectivity index (χ0v) is 17.6. The molecule has 3 heterocycles. The smallest absolute Gasteiger partial charge is 0.326 e. The number of carbonyl (C=O) groups is 1. The lowest BCUT2D eigenvalue weighted by molar-refractivity contribution is -0.116. The van der Waals surface area contributed by atoms with Gasteiger partial charge in [0.05, 0.1) is 16.7 Å². The number of nitrogens with one attached hydrogen (secondary N) is 1. The Kier molecular flexibility index (Phi) is 5.03. The normalized spacial score (nSPS) is 11.3. The van der Waals surface area contributed by atoms with Gasteiger partial charge in [-0.05, 0) is 37.3 Å². The molecule has 0 saturated carbocycles. The highest BCUT2D eigenvalue weighted by atomic mass is 16.2. The molecule has 2 aromatic carbocycles. The van der Waals surface area contributed by atoms with Crippen molar-refractivity contribution in [2.75, 3.05) is 5.32 Å². The summed E-state index contributed by atoms with van der Waals surface area (Å²) in [6.45, 7) is 2.86. The Labute approximate surface area is 183 Å². The Morgan fingerprint density at radius 3 is 2.47 bits per heavy atom. The van der Waals surface area contributed by atoms with Crippen LogP contribution in [0.2, 0.25) is 0 Å². The molecule has 0 bridgehead atoms. The highest BCUT2D eigenvalue weighted by Crippen LogP contribution is 2.21. The first-order valence-corrected chi connectivity index (χ1v) is 10.5. The van der Waals surface area contributed by atoms with E-state index in [-0.39, 0.29) is 18.0 Å². The van der Waals surface area contributed by atoms with Crippen LogP contribution in [0.4, 0.5) is 5.69 Å². The van der Waals surface area contributed by atoms with Crippen molar-refractivity contribution in [2.45, 2.75) is 26.4 Å². The number of rotatable bonds is 6. The van der Waals surface area contributed by atoms with Gasteiger partial charge in [-0.1, -0.05) is 24.3 Å². The third-order valence-corrected chi connectivity index (χ3v) is 5.50. The number of aryl methyl sites for hydroxylation is 2. The van der Waals surface area contributed by atoms with Gasteiger partial charge >= 0.3 is 5.69 Å². The van der Waals surface area contributed by atoms with Gasteiger partial charge in [0.2, 0.25) is 11.7 Å². The Balaban J connectivity index is 1.27. The molecule has 1 N–H and O–H groups in total. The van der Waals surface area contributed by atoms with E-state index in [2.05, 4.69) is 15.3 Å². The molecule has 0 saturated heterocycles. The Morgan fingerprint density at radius 2 is 1.75 bits per heavy atom. The molecule has 5 aromatic rings. The second kappa shape index (κ2) is 8.14. The van der Waals surface area contributed by atoms with Gasteiger partial charge in [0, 0.05) is 49.4 Å². The number of para-hydroxylation sites is 2. The van der Waals surface area contributed by atoms with Gasteiger partial charge in [-0.2, -0.15) is 0 Å². The second-order valence-electron chi connectivity index (χ2n) is 7.50. The summed E-state index contributed by atoms with van der Waals surface area (Å²) >= 11 is 0. The number of nitrogens with zero attached hydrogens (tertiary/aromatic N) is 5. The van der Waals surface area contributed by atoms with Crippen molar-refractivity contribution in [3.8, 4) is 11.3 Å². The monoisotopic (exact) mass is 426 g/mol. The maximum Gasteiger partial charge on any atom is 0.329 e. The predicted octanol–water partition coefficient (Wildman–Crippen LogP) is 3.56. The molecule has 1 amide bonds. The van der Waals surface area contributed by atoms with Gasteiger partial charge in [0.25, 0.3) is 0 Å². The summed E-state index contributed by atoms with van der Waals surface area (Å²) < 4.78 is 5.25. The molecule has 8 nitrogen and oxygen atoms in total. The SMILES string of the molecule is CCn1c(=O)n(CCC(=O)Nc2ccc(-c3cn4cccnc4n3)cc2)c2ccccc21. The molecular weight excluding hydrogens is 404 g/mol. The average molecular weight is 426 g/mol.